The Morgan fingerprint density at radius 3 is 2.12 bits per heavy atom. The maximum Gasteiger partial charge on any atom is 0.110 e. The summed E-state index contributed by atoms with van der Waals surface area (Å²) in [7, 11) is 0. The first-order valence-corrected chi connectivity index (χ1v) is 17.3. The van der Waals surface area contributed by atoms with E-state index in [4.69, 9.17) is 5.84 Å². The second kappa shape index (κ2) is 15.2. The summed E-state index contributed by atoms with van der Waals surface area (Å²) in [6.45, 7) is 16.8. The van der Waals surface area contributed by atoms with Gasteiger partial charge < -0.3 is 19.5 Å². The van der Waals surface area contributed by atoms with Gasteiger partial charge in [-0.2, -0.15) is 0 Å². The number of anilines is 1. The van der Waals surface area contributed by atoms with Crippen molar-refractivity contribution in [3.63, 3.8) is 0 Å². The van der Waals surface area contributed by atoms with Gasteiger partial charge in [-0.25, -0.2) is 5.84 Å². The molecule has 4 N–H and O–H groups in total. The van der Waals surface area contributed by atoms with E-state index in [9.17, 15) is 0 Å². The Morgan fingerprint density at radius 2 is 1.48 bits per heavy atom. The summed E-state index contributed by atoms with van der Waals surface area (Å²) >= 11 is 0. The number of hydrogen-bond acceptors (Lipinski definition) is 3. The largest absolute Gasteiger partial charge is 0.361 e. The van der Waals surface area contributed by atoms with Gasteiger partial charge in [0.15, 0.2) is 0 Å². The Kier molecular flexibility index (Phi) is 10.3. The fraction of sp³-hybridized carbons (Fsp3) is 0.136. The minimum absolute atomic E-state index is 0.297. The van der Waals surface area contributed by atoms with Crippen LogP contribution in [0.25, 0.3) is 47.1 Å². The van der Waals surface area contributed by atoms with E-state index < -0.39 is 0 Å². The molecule has 50 heavy (non-hydrogen) atoms. The van der Waals surface area contributed by atoms with Crippen LogP contribution in [-0.4, -0.2) is 19.2 Å². The van der Waals surface area contributed by atoms with Gasteiger partial charge in [0, 0.05) is 34.4 Å². The number of rotatable bonds is 11. The number of allylic oxidation sites excluding steroid dienone is 2. The first-order chi connectivity index (χ1) is 24.5. The van der Waals surface area contributed by atoms with Crippen LogP contribution in [0.5, 0.6) is 0 Å². The van der Waals surface area contributed by atoms with E-state index in [1.165, 1.54) is 16.8 Å². The van der Waals surface area contributed by atoms with E-state index >= 15 is 0 Å². The van der Waals surface area contributed by atoms with Crippen molar-refractivity contribution in [2.75, 3.05) is 5.43 Å². The van der Waals surface area contributed by atoms with E-state index in [1.54, 1.807) is 5.12 Å². The molecular formula is C44H46N6. The van der Waals surface area contributed by atoms with Crippen molar-refractivity contribution in [1.29, 1.82) is 0 Å². The van der Waals surface area contributed by atoms with Gasteiger partial charge in [-0.3, -0.25) is 0 Å². The molecule has 1 atom stereocenters. The molecule has 252 valence electrons. The van der Waals surface area contributed by atoms with E-state index in [0.717, 1.165) is 62.9 Å². The van der Waals surface area contributed by atoms with Gasteiger partial charge in [0.25, 0.3) is 0 Å². The smallest absolute Gasteiger partial charge is 0.110 e. The predicted octanol–water partition coefficient (Wildman–Crippen LogP) is 10.8. The van der Waals surface area contributed by atoms with Crippen LogP contribution < -0.4 is 11.3 Å². The molecule has 6 aromatic rings. The molecule has 0 radical (unpaired) electrons. The van der Waals surface area contributed by atoms with Gasteiger partial charge >= 0.3 is 0 Å². The average Bonchev–Trinajstić information content (AvgIpc) is 3.94. The zero-order valence-electron chi connectivity index (χ0n) is 29.4. The van der Waals surface area contributed by atoms with E-state index in [-0.39, 0.29) is 6.04 Å². The Hall–Kier alpha value is -5.82. The van der Waals surface area contributed by atoms with Crippen molar-refractivity contribution in [2.24, 2.45) is 5.84 Å². The molecule has 0 fully saturated rings. The number of benzene rings is 3. The molecule has 7 rings (SSSR count). The third-order valence-corrected chi connectivity index (χ3v) is 9.10. The van der Waals surface area contributed by atoms with Crippen LogP contribution in [0.4, 0.5) is 5.69 Å². The van der Waals surface area contributed by atoms with Crippen molar-refractivity contribution in [3.05, 3.63) is 173 Å². The van der Waals surface area contributed by atoms with Crippen LogP contribution in [0, 0.1) is 6.92 Å². The van der Waals surface area contributed by atoms with Crippen LogP contribution in [0.2, 0.25) is 0 Å². The molecule has 0 bridgehead atoms. The van der Waals surface area contributed by atoms with Crippen molar-refractivity contribution >= 4 is 30.0 Å². The SMILES string of the molecule is C=Cc1c(C=C)c(-c2c(C)c3c(n2-c2c[nH]c(C(c4ccccc4)N(N)Nc4ccccc4)c2)C=CC3)n(-c2ccccc2)c1/C=C\C.CC. The molecular weight excluding hydrogens is 613 g/mol. The lowest BCUT2D eigenvalue weighted by atomic mass is 10.0. The quantitative estimate of drug-likeness (QED) is 0.0959. The normalized spacial score (nSPS) is 12.5. The fourth-order valence-corrected chi connectivity index (χ4v) is 7.02. The second-order valence-corrected chi connectivity index (χ2v) is 11.9. The Bertz CT molecular complexity index is 2140. The number of para-hydroxylation sites is 2. The van der Waals surface area contributed by atoms with Crippen LogP contribution >= 0.6 is 0 Å². The Morgan fingerprint density at radius 1 is 0.840 bits per heavy atom. The highest BCUT2D eigenvalue weighted by Crippen LogP contribution is 2.44. The number of aromatic amines is 1. The highest BCUT2D eigenvalue weighted by Gasteiger charge is 2.30. The molecule has 0 aliphatic heterocycles. The summed E-state index contributed by atoms with van der Waals surface area (Å²) in [5.41, 5.74) is 17.5. The number of nitrogens with zero attached hydrogens (tertiary/aromatic N) is 3. The third kappa shape index (κ3) is 6.11. The molecule has 1 unspecified atom stereocenters. The predicted molar refractivity (Wildman–Crippen MR) is 213 cm³/mol. The number of nitrogens with two attached hydrogens (primary N) is 1. The molecule has 6 heteroatoms. The van der Waals surface area contributed by atoms with Gasteiger partial charge in [0.2, 0.25) is 0 Å². The Labute approximate surface area is 296 Å². The maximum atomic E-state index is 6.82. The molecule has 0 amide bonds. The van der Waals surface area contributed by atoms with Gasteiger partial charge in [-0.15, -0.1) is 5.12 Å². The van der Waals surface area contributed by atoms with E-state index in [2.05, 4.69) is 119 Å². The van der Waals surface area contributed by atoms with E-state index in [0.29, 0.717) is 0 Å². The lowest BCUT2D eigenvalue weighted by Crippen LogP contribution is -2.40. The van der Waals surface area contributed by atoms with Crippen LogP contribution in [0.1, 0.15) is 71.7 Å². The van der Waals surface area contributed by atoms with Gasteiger partial charge in [0.1, 0.15) is 6.04 Å². The summed E-state index contributed by atoms with van der Waals surface area (Å²) in [5.74, 6) is 6.82. The minimum Gasteiger partial charge on any atom is -0.361 e. The van der Waals surface area contributed by atoms with Crippen molar-refractivity contribution < 1.29 is 0 Å². The van der Waals surface area contributed by atoms with E-state index in [1.807, 2.05) is 81.5 Å². The number of aromatic nitrogens is 3. The average molecular weight is 659 g/mol. The molecule has 3 heterocycles. The van der Waals surface area contributed by atoms with Crippen molar-refractivity contribution in [2.45, 2.75) is 40.2 Å². The van der Waals surface area contributed by atoms with Crippen LogP contribution in [0.3, 0.4) is 0 Å². The number of hydrogen-bond donors (Lipinski definition) is 3. The lowest BCUT2D eigenvalue weighted by molar-refractivity contribution is 0.280. The first-order valence-electron chi connectivity index (χ1n) is 17.3. The zero-order valence-corrected chi connectivity index (χ0v) is 29.4. The van der Waals surface area contributed by atoms with Crippen LogP contribution in [-0.2, 0) is 6.42 Å². The monoisotopic (exact) mass is 658 g/mol. The highest BCUT2D eigenvalue weighted by molar-refractivity contribution is 5.88. The maximum absolute atomic E-state index is 6.82. The summed E-state index contributed by atoms with van der Waals surface area (Å²) < 4.78 is 4.73. The zero-order chi connectivity index (χ0) is 35.2. The number of H-pyrrole nitrogens is 1. The molecule has 3 aromatic heterocycles. The molecule has 3 aromatic carbocycles. The number of nitrogens with one attached hydrogen (secondary N) is 2. The van der Waals surface area contributed by atoms with Crippen molar-refractivity contribution in [1.82, 2.24) is 19.2 Å². The van der Waals surface area contributed by atoms with Gasteiger partial charge in [0.05, 0.1) is 28.5 Å². The fourth-order valence-electron chi connectivity index (χ4n) is 7.02. The van der Waals surface area contributed by atoms with Gasteiger partial charge in [-0.1, -0.05) is 118 Å². The molecule has 6 nitrogen and oxygen atoms in total. The Balaban J connectivity index is 0.00000212. The molecule has 0 saturated carbocycles. The topological polar surface area (TPSA) is 66.9 Å². The third-order valence-electron chi connectivity index (χ3n) is 9.10. The first kappa shape index (κ1) is 34.1. The van der Waals surface area contributed by atoms with Gasteiger partial charge in [-0.05, 0) is 79.4 Å². The molecule has 0 saturated heterocycles. The lowest BCUT2D eigenvalue weighted by Gasteiger charge is -2.28. The number of hydrazine groups is 2. The highest BCUT2D eigenvalue weighted by atomic mass is 15.7. The second-order valence-electron chi connectivity index (χ2n) is 11.9. The number of fused-ring (bicyclic) bond motifs is 1. The summed E-state index contributed by atoms with van der Waals surface area (Å²) in [6.07, 6.45) is 15.6. The van der Waals surface area contributed by atoms with Crippen molar-refractivity contribution in [3.8, 4) is 22.8 Å². The standard InChI is InChI=1S/C42H40N6.C2H6/c1-5-18-38-34(6-2)35(7-3)42(46(38)32-23-15-10-16-24-32)40-29(4)36-25-17-26-39(36)47(40)33-27-37(44-28-33)41(30-19-11-8-12-20-30)48(43)45-31-21-13-9-14-22-31;1-2/h5-24,26-28,41,44-45H,2-3,25,43H2,1,4H3;1-2H3/b18-5-;. The molecule has 1 aliphatic carbocycles. The minimum atomic E-state index is -0.297. The summed E-state index contributed by atoms with van der Waals surface area (Å²) in [4.78, 5) is 3.61. The molecule has 1 aliphatic rings. The summed E-state index contributed by atoms with van der Waals surface area (Å²) in [6, 6.07) is 32.7. The van der Waals surface area contributed by atoms with Crippen LogP contribution in [0.15, 0.2) is 129 Å². The summed E-state index contributed by atoms with van der Waals surface area (Å²) in [5, 5.41) is 1.67. The molecule has 0 spiro atoms.